The van der Waals surface area contributed by atoms with Gasteiger partial charge in [-0.25, -0.2) is 0 Å². The number of nitriles is 1. The molecule has 0 aliphatic rings. The molecule has 1 rings (SSSR count). The molecule has 0 saturated carbocycles. The average molecular weight is 274 g/mol. The van der Waals surface area contributed by atoms with Gasteiger partial charge in [0.15, 0.2) is 0 Å². The van der Waals surface area contributed by atoms with Crippen LogP contribution in [-0.2, 0) is 11.3 Å². The van der Waals surface area contributed by atoms with Crippen LogP contribution in [0, 0.1) is 11.3 Å². The molecule has 0 atom stereocenters. The first-order valence-corrected chi connectivity index (χ1v) is 6.64. The molecule has 1 aromatic carbocycles. The van der Waals surface area contributed by atoms with Crippen molar-refractivity contribution in [2.75, 3.05) is 39.1 Å². The van der Waals surface area contributed by atoms with Crippen LogP contribution in [0.4, 0.5) is 5.69 Å². The highest BCUT2D eigenvalue weighted by Gasteiger charge is 2.13. The summed E-state index contributed by atoms with van der Waals surface area (Å²) in [5, 5.41) is 12.5. The Bertz CT molecular complexity index is 505. The van der Waals surface area contributed by atoms with E-state index < -0.39 is 0 Å². The molecule has 0 unspecified atom stereocenters. The summed E-state index contributed by atoms with van der Waals surface area (Å²) in [6.45, 7) is 3.93. The molecule has 0 aliphatic heterocycles. The first-order chi connectivity index (χ1) is 9.49. The van der Waals surface area contributed by atoms with Gasteiger partial charge in [0.25, 0.3) is 0 Å². The van der Waals surface area contributed by atoms with E-state index in [4.69, 9.17) is 0 Å². The Hall–Kier alpha value is -2.06. The zero-order chi connectivity index (χ0) is 15.1. The highest BCUT2D eigenvalue weighted by molar-refractivity contribution is 5.81. The second-order valence-electron chi connectivity index (χ2n) is 4.89. The number of hydrogen-bond acceptors (Lipinski definition) is 4. The Morgan fingerprint density at radius 3 is 2.60 bits per heavy atom. The minimum atomic E-state index is 0.00751. The zero-order valence-corrected chi connectivity index (χ0v) is 12.6. The molecule has 0 heterocycles. The third kappa shape index (κ3) is 4.25. The number of nitrogens with one attached hydrogen (secondary N) is 1. The quantitative estimate of drug-likeness (QED) is 0.846. The van der Waals surface area contributed by atoms with Gasteiger partial charge in [-0.3, -0.25) is 4.79 Å². The summed E-state index contributed by atoms with van der Waals surface area (Å²) in [5.74, 6) is 0.00751. The lowest BCUT2D eigenvalue weighted by Crippen LogP contribution is -2.34. The van der Waals surface area contributed by atoms with Gasteiger partial charge in [0, 0.05) is 27.7 Å². The molecular formula is C15H22N4O. The predicted molar refractivity (Wildman–Crippen MR) is 80.5 cm³/mol. The average Bonchev–Trinajstić information content (AvgIpc) is 2.44. The largest absolute Gasteiger partial charge is 0.364 e. The number of likely N-dealkylation sites (N-methyl/N-ethyl adjacent to an activating group) is 2. The van der Waals surface area contributed by atoms with Crippen molar-refractivity contribution in [2.45, 2.75) is 13.5 Å². The van der Waals surface area contributed by atoms with Crippen LogP contribution in [0.3, 0.4) is 0 Å². The van der Waals surface area contributed by atoms with Gasteiger partial charge in [-0.1, -0.05) is 13.0 Å². The fraction of sp³-hybridized carbons (Fsp3) is 0.467. The molecule has 0 spiro atoms. The van der Waals surface area contributed by atoms with E-state index in [0.717, 1.165) is 24.3 Å². The SMILES string of the molecule is CCNCc1ccc(N(C)CC(=O)N(C)C)c(C#N)c1. The summed E-state index contributed by atoms with van der Waals surface area (Å²) in [6.07, 6.45) is 0. The van der Waals surface area contributed by atoms with Crippen molar-refractivity contribution in [3.8, 4) is 6.07 Å². The molecular weight excluding hydrogens is 252 g/mol. The lowest BCUT2D eigenvalue weighted by Gasteiger charge is -2.22. The highest BCUT2D eigenvalue weighted by Crippen LogP contribution is 2.20. The minimum Gasteiger partial charge on any atom is -0.364 e. The Morgan fingerprint density at radius 1 is 1.35 bits per heavy atom. The van der Waals surface area contributed by atoms with Crippen LogP contribution in [0.5, 0.6) is 0 Å². The molecule has 0 saturated heterocycles. The van der Waals surface area contributed by atoms with Gasteiger partial charge >= 0.3 is 0 Å². The molecule has 1 N–H and O–H groups in total. The number of carbonyl (C=O) groups excluding carboxylic acids is 1. The van der Waals surface area contributed by atoms with Crippen molar-refractivity contribution in [3.63, 3.8) is 0 Å². The van der Waals surface area contributed by atoms with E-state index in [1.54, 1.807) is 23.9 Å². The maximum Gasteiger partial charge on any atom is 0.241 e. The predicted octanol–water partition coefficient (Wildman–Crippen LogP) is 1.19. The van der Waals surface area contributed by atoms with Crippen molar-refractivity contribution in [1.82, 2.24) is 10.2 Å². The summed E-state index contributed by atoms with van der Waals surface area (Å²) < 4.78 is 0. The molecule has 1 aromatic rings. The summed E-state index contributed by atoms with van der Waals surface area (Å²) in [6, 6.07) is 7.95. The lowest BCUT2D eigenvalue weighted by molar-refractivity contribution is -0.127. The van der Waals surface area contributed by atoms with Crippen molar-refractivity contribution in [2.24, 2.45) is 0 Å². The van der Waals surface area contributed by atoms with Crippen molar-refractivity contribution in [3.05, 3.63) is 29.3 Å². The van der Waals surface area contributed by atoms with Crippen LogP contribution in [0.1, 0.15) is 18.1 Å². The van der Waals surface area contributed by atoms with E-state index in [0.29, 0.717) is 5.56 Å². The Balaban J connectivity index is 2.89. The third-order valence-electron chi connectivity index (χ3n) is 3.04. The topological polar surface area (TPSA) is 59.4 Å². The minimum absolute atomic E-state index is 0.00751. The lowest BCUT2D eigenvalue weighted by atomic mass is 10.1. The summed E-state index contributed by atoms with van der Waals surface area (Å²) in [4.78, 5) is 15.1. The summed E-state index contributed by atoms with van der Waals surface area (Å²) in [7, 11) is 5.27. The Labute approximate surface area is 120 Å². The fourth-order valence-electron chi connectivity index (χ4n) is 1.81. The maximum atomic E-state index is 11.7. The monoisotopic (exact) mass is 274 g/mol. The molecule has 0 bridgehead atoms. The van der Waals surface area contributed by atoms with Crippen LogP contribution >= 0.6 is 0 Å². The Kier molecular flexibility index (Phi) is 6.01. The summed E-state index contributed by atoms with van der Waals surface area (Å²) in [5.41, 5.74) is 2.44. The van der Waals surface area contributed by atoms with E-state index in [9.17, 15) is 10.1 Å². The molecule has 1 amide bonds. The van der Waals surface area contributed by atoms with E-state index >= 15 is 0 Å². The van der Waals surface area contributed by atoms with Crippen LogP contribution in [-0.4, -0.2) is 45.0 Å². The first-order valence-electron chi connectivity index (χ1n) is 6.64. The van der Waals surface area contributed by atoms with Gasteiger partial charge in [0.2, 0.25) is 5.91 Å². The standard InChI is InChI=1S/C15H22N4O/c1-5-17-10-12-6-7-14(13(8-12)9-16)19(4)11-15(20)18(2)3/h6-8,17H,5,10-11H2,1-4H3. The number of nitrogens with zero attached hydrogens (tertiary/aromatic N) is 3. The van der Waals surface area contributed by atoms with Gasteiger partial charge in [-0.2, -0.15) is 5.26 Å². The first kappa shape index (κ1) is 16.0. The molecule has 5 nitrogen and oxygen atoms in total. The van der Waals surface area contributed by atoms with Gasteiger partial charge in [-0.05, 0) is 24.2 Å². The second kappa shape index (κ2) is 7.51. The normalized spacial score (nSPS) is 9.95. The Morgan fingerprint density at radius 2 is 2.05 bits per heavy atom. The van der Waals surface area contributed by atoms with Crippen LogP contribution in [0.25, 0.3) is 0 Å². The van der Waals surface area contributed by atoms with E-state index in [2.05, 4.69) is 11.4 Å². The third-order valence-corrected chi connectivity index (χ3v) is 3.04. The van der Waals surface area contributed by atoms with Gasteiger partial charge in [0.1, 0.15) is 6.07 Å². The molecule has 20 heavy (non-hydrogen) atoms. The van der Waals surface area contributed by atoms with E-state index in [1.807, 2.05) is 32.2 Å². The number of amides is 1. The number of anilines is 1. The zero-order valence-electron chi connectivity index (χ0n) is 12.6. The number of benzene rings is 1. The number of rotatable bonds is 6. The fourth-order valence-corrected chi connectivity index (χ4v) is 1.81. The van der Waals surface area contributed by atoms with Crippen LogP contribution in [0.15, 0.2) is 18.2 Å². The molecule has 5 heteroatoms. The summed E-state index contributed by atoms with van der Waals surface area (Å²) >= 11 is 0. The van der Waals surface area contributed by atoms with Crippen molar-refractivity contribution in [1.29, 1.82) is 5.26 Å². The van der Waals surface area contributed by atoms with Crippen LogP contribution < -0.4 is 10.2 Å². The molecule has 0 fully saturated rings. The second-order valence-corrected chi connectivity index (χ2v) is 4.89. The van der Waals surface area contributed by atoms with Crippen molar-refractivity contribution >= 4 is 11.6 Å². The number of carbonyl (C=O) groups is 1. The van der Waals surface area contributed by atoms with E-state index in [1.165, 1.54) is 0 Å². The van der Waals surface area contributed by atoms with Gasteiger partial charge < -0.3 is 15.1 Å². The molecule has 0 aromatic heterocycles. The maximum absolute atomic E-state index is 11.7. The van der Waals surface area contributed by atoms with Crippen molar-refractivity contribution < 1.29 is 4.79 Å². The number of hydrogen-bond donors (Lipinski definition) is 1. The van der Waals surface area contributed by atoms with Crippen LogP contribution in [0.2, 0.25) is 0 Å². The smallest absolute Gasteiger partial charge is 0.241 e. The van der Waals surface area contributed by atoms with Gasteiger partial charge in [0.05, 0.1) is 17.8 Å². The van der Waals surface area contributed by atoms with E-state index in [-0.39, 0.29) is 12.5 Å². The molecule has 0 aliphatic carbocycles. The molecule has 0 radical (unpaired) electrons. The molecule has 108 valence electrons. The highest BCUT2D eigenvalue weighted by atomic mass is 16.2. The van der Waals surface area contributed by atoms with Gasteiger partial charge in [-0.15, -0.1) is 0 Å².